The molecule has 1 aromatic carbocycles. The number of benzene rings is 1. The highest BCUT2D eigenvalue weighted by atomic mass is 16.3. The first-order valence-electron chi connectivity index (χ1n) is 5.61. The minimum atomic E-state index is -0.472. The first kappa shape index (κ1) is 11.2. The SMILES string of the molecule is Cc1[nH]c2cccc(C)c2c1C(O)CCN. The lowest BCUT2D eigenvalue weighted by Crippen LogP contribution is -2.07. The van der Waals surface area contributed by atoms with Crippen LogP contribution in [0.1, 0.15) is 29.3 Å². The Bertz CT molecular complexity index is 502. The highest BCUT2D eigenvalue weighted by molar-refractivity contribution is 5.88. The van der Waals surface area contributed by atoms with E-state index in [2.05, 4.69) is 18.0 Å². The third kappa shape index (κ3) is 1.72. The van der Waals surface area contributed by atoms with Crippen LogP contribution in [0.3, 0.4) is 0 Å². The van der Waals surface area contributed by atoms with Crippen molar-refractivity contribution < 1.29 is 5.11 Å². The fraction of sp³-hybridized carbons (Fsp3) is 0.385. The van der Waals surface area contributed by atoms with Gasteiger partial charge in [0.05, 0.1) is 6.10 Å². The lowest BCUT2D eigenvalue weighted by Gasteiger charge is -2.10. The molecule has 0 aliphatic rings. The van der Waals surface area contributed by atoms with E-state index in [-0.39, 0.29) is 0 Å². The number of hydrogen-bond donors (Lipinski definition) is 3. The molecule has 4 N–H and O–H groups in total. The normalized spacial score (nSPS) is 13.2. The number of fused-ring (bicyclic) bond motifs is 1. The standard InChI is InChI=1S/C13H18N2O/c1-8-4-3-5-10-12(8)13(9(2)15-10)11(16)6-7-14/h3-5,11,15-16H,6-7,14H2,1-2H3. The van der Waals surface area contributed by atoms with E-state index in [1.54, 1.807) is 0 Å². The summed E-state index contributed by atoms with van der Waals surface area (Å²) < 4.78 is 0. The van der Waals surface area contributed by atoms with Gasteiger partial charge in [0.15, 0.2) is 0 Å². The topological polar surface area (TPSA) is 62.0 Å². The lowest BCUT2D eigenvalue weighted by atomic mass is 10.00. The van der Waals surface area contributed by atoms with Crippen LogP contribution in [0, 0.1) is 13.8 Å². The molecule has 86 valence electrons. The molecular formula is C13H18N2O. The lowest BCUT2D eigenvalue weighted by molar-refractivity contribution is 0.171. The number of aromatic amines is 1. The monoisotopic (exact) mass is 218 g/mol. The molecule has 16 heavy (non-hydrogen) atoms. The Labute approximate surface area is 95.3 Å². The zero-order chi connectivity index (χ0) is 11.7. The van der Waals surface area contributed by atoms with Gasteiger partial charge in [-0.2, -0.15) is 0 Å². The minimum absolute atomic E-state index is 0.472. The maximum Gasteiger partial charge on any atom is 0.0825 e. The molecule has 0 bridgehead atoms. The Morgan fingerprint density at radius 3 is 2.81 bits per heavy atom. The molecule has 2 aromatic rings. The highest BCUT2D eigenvalue weighted by Gasteiger charge is 2.16. The fourth-order valence-corrected chi connectivity index (χ4v) is 2.31. The second-order valence-corrected chi connectivity index (χ2v) is 4.25. The van der Waals surface area contributed by atoms with Crippen molar-refractivity contribution in [2.24, 2.45) is 5.73 Å². The summed E-state index contributed by atoms with van der Waals surface area (Å²) in [4.78, 5) is 3.31. The van der Waals surface area contributed by atoms with E-state index < -0.39 is 6.10 Å². The summed E-state index contributed by atoms with van der Waals surface area (Å²) in [6.45, 7) is 4.56. The Hall–Kier alpha value is -1.32. The van der Waals surface area contributed by atoms with Crippen molar-refractivity contribution in [1.29, 1.82) is 0 Å². The van der Waals surface area contributed by atoms with Crippen LogP contribution in [0.2, 0.25) is 0 Å². The average Bonchev–Trinajstić information content (AvgIpc) is 2.56. The van der Waals surface area contributed by atoms with E-state index in [4.69, 9.17) is 5.73 Å². The van der Waals surface area contributed by atoms with Crippen LogP contribution >= 0.6 is 0 Å². The number of aryl methyl sites for hydroxylation is 2. The Balaban J connectivity index is 2.63. The molecule has 3 heteroatoms. The average molecular weight is 218 g/mol. The third-order valence-corrected chi connectivity index (χ3v) is 3.04. The smallest absolute Gasteiger partial charge is 0.0825 e. The van der Waals surface area contributed by atoms with Crippen molar-refractivity contribution in [2.75, 3.05) is 6.54 Å². The second-order valence-electron chi connectivity index (χ2n) is 4.25. The summed E-state index contributed by atoms with van der Waals surface area (Å²) in [7, 11) is 0. The zero-order valence-corrected chi connectivity index (χ0v) is 9.75. The number of H-pyrrole nitrogens is 1. The van der Waals surface area contributed by atoms with E-state index in [9.17, 15) is 5.11 Å². The molecule has 0 saturated heterocycles. The van der Waals surface area contributed by atoms with Crippen LogP contribution in [0.25, 0.3) is 10.9 Å². The van der Waals surface area contributed by atoms with Crippen molar-refractivity contribution in [3.05, 3.63) is 35.0 Å². The van der Waals surface area contributed by atoms with Gasteiger partial charge in [0.25, 0.3) is 0 Å². The van der Waals surface area contributed by atoms with Crippen LogP contribution in [0.5, 0.6) is 0 Å². The minimum Gasteiger partial charge on any atom is -0.388 e. The Kier molecular flexibility index (Phi) is 2.99. The van der Waals surface area contributed by atoms with E-state index in [1.807, 2.05) is 19.1 Å². The predicted octanol–water partition coefficient (Wildman–Crippen LogP) is 2.17. The molecule has 1 heterocycles. The van der Waals surface area contributed by atoms with Gasteiger partial charge in [0, 0.05) is 22.2 Å². The molecule has 0 amide bonds. The third-order valence-electron chi connectivity index (χ3n) is 3.04. The van der Waals surface area contributed by atoms with Gasteiger partial charge in [-0.25, -0.2) is 0 Å². The number of aliphatic hydroxyl groups excluding tert-OH is 1. The van der Waals surface area contributed by atoms with Gasteiger partial charge in [-0.15, -0.1) is 0 Å². The van der Waals surface area contributed by atoms with Crippen LogP contribution in [-0.4, -0.2) is 16.6 Å². The summed E-state index contributed by atoms with van der Waals surface area (Å²) in [5.74, 6) is 0. The van der Waals surface area contributed by atoms with Crippen molar-refractivity contribution >= 4 is 10.9 Å². The molecule has 0 fully saturated rings. The largest absolute Gasteiger partial charge is 0.388 e. The van der Waals surface area contributed by atoms with Crippen molar-refractivity contribution in [2.45, 2.75) is 26.4 Å². The highest BCUT2D eigenvalue weighted by Crippen LogP contribution is 2.31. The molecule has 0 aliphatic heterocycles. The van der Waals surface area contributed by atoms with Crippen LogP contribution in [0.4, 0.5) is 0 Å². The van der Waals surface area contributed by atoms with Gasteiger partial charge in [-0.3, -0.25) is 0 Å². The summed E-state index contributed by atoms with van der Waals surface area (Å²) in [5, 5.41) is 11.3. The molecule has 0 radical (unpaired) electrons. The number of nitrogens with two attached hydrogens (primary N) is 1. The van der Waals surface area contributed by atoms with Crippen molar-refractivity contribution in [3.8, 4) is 0 Å². The number of nitrogens with one attached hydrogen (secondary N) is 1. The van der Waals surface area contributed by atoms with Gasteiger partial charge in [-0.1, -0.05) is 12.1 Å². The van der Waals surface area contributed by atoms with Gasteiger partial charge in [0.2, 0.25) is 0 Å². The number of aromatic nitrogens is 1. The summed E-state index contributed by atoms with van der Waals surface area (Å²) >= 11 is 0. The number of rotatable bonds is 3. The van der Waals surface area contributed by atoms with E-state index in [0.717, 1.165) is 22.2 Å². The fourth-order valence-electron chi connectivity index (χ4n) is 2.31. The predicted molar refractivity (Wildman–Crippen MR) is 66.4 cm³/mol. The Morgan fingerprint density at radius 2 is 2.12 bits per heavy atom. The summed E-state index contributed by atoms with van der Waals surface area (Å²) in [6.07, 6.45) is 0.127. The van der Waals surface area contributed by atoms with Gasteiger partial charge >= 0.3 is 0 Å². The van der Waals surface area contributed by atoms with Crippen molar-refractivity contribution in [1.82, 2.24) is 4.98 Å². The first-order chi connectivity index (χ1) is 7.65. The molecule has 0 aliphatic carbocycles. The van der Waals surface area contributed by atoms with E-state index in [0.29, 0.717) is 13.0 Å². The Morgan fingerprint density at radius 1 is 1.38 bits per heavy atom. The quantitative estimate of drug-likeness (QED) is 0.739. The van der Waals surface area contributed by atoms with Gasteiger partial charge < -0.3 is 15.8 Å². The van der Waals surface area contributed by atoms with Crippen molar-refractivity contribution in [3.63, 3.8) is 0 Å². The molecule has 1 aromatic heterocycles. The summed E-state index contributed by atoms with van der Waals surface area (Å²) in [5.41, 5.74) is 9.80. The molecule has 0 spiro atoms. The first-order valence-corrected chi connectivity index (χ1v) is 5.61. The van der Waals surface area contributed by atoms with Crippen LogP contribution < -0.4 is 5.73 Å². The van der Waals surface area contributed by atoms with Gasteiger partial charge in [0.1, 0.15) is 0 Å². The maximum absolute atomic E-state index is 10.1. The van der Waals surface area contributed by atoms with Crippen LogP contribution in [0.15, 0.2) is 18.2 Å². The molecule has 1 atom stereocenters. The molecule has 1 unspecified atom stereocenters. The molecule has 3 nitrogen and oxygen atoms in total. The maximum atomic E-state index is 10.1. The van der Waals surface area contributed by atoms with E-state index >= 15 is 0 Å². The van der Waals surface area contributed by atoms with E-state index in [1.165, 1.54) is 5.56 Å². The second kappa shape index (κ2) is 4.28. The molecular weight excluding hydrogens is 200 g/mol. The summed E-state index contributed by atoms with van der Waals surface area (Å²) in [6, 6.07) is 6.12. The molecule has 2 rings (SSSR count). The molecule has 0 saturated carbocycles. The van der Waals surface area contributed by atoms with Gasteiger partial charge in [-0.05, 0) is 38.4 Å². The van der Waals surface area contributed by atoms with Crippen LogP contribution in [-0.2, 0) is 0 Å². The number of hydrogen-bond acceptors (Lipinski definition) is 2. The zero-order valence-electron chi connectivity index (χ0n) is 9.75. The number of aliphatic hydroxyl groups is 1.